The van der Waals surface area contributed by atoms with E-state index >= 15 is 0 Å². The molecule has 0 saturated heterocycles. The third kappa shape index (κ3) is 5.25. The molecule has 3 nitrogen and oxygen atoms in total. The van der Waals surface area contributed by atoms with Crippen molar-refractivity contribution in [2.24, 2.45) is 0 Å². The molecule has 8 heavy (non-hydrogen) atoms. The molecule has 0 saturated carbocycles. The Hall–Kier alpha value is -0.750. The van der Waals surface area contributed by atoms with Crippen LogP contribution in [-0.4, -0.2) is 12.0 Å². The highest BCUT2D eigenvalue weighted by molar-refractivity contribution is 6.61. The minimum atomic E-state index is -0.861. The summed E-state index contributed by atoms with van der Waals surface area (Å²) >= 11 is 4.74. The summed E-state index contributed by atoms with van der Waals surface area (Å²) < 4.78 is 4.19. The Kier molecular flexibility index (Phi) is 4.00. The Morgan fingerprint density at radius 3 is 2.88 bits per heavy atom. The number of carbonyl (C=O) groups excluding carboxylic acids is 1. The SMILES string of the molecule is N#CCCOC(=O)Cl. The van der Waals surface area contributed by atoms with Gasteiger partial charge in [0.1, 0.15) is 6.61 Å². The third-order valence-corrected chi connectivity index (χ3v) is 0.539. The maximum absolute atomic E-state index is 9.75. The van der Waals surface area contributed by atoms with Gasteiger partial charge in [-0.05, 0) is 0 Å². The van der Waals surface area contributed by atoms with Gasteiger partial charge in [-0.25, -0.2) is 4.79 Å². The van der Waals surface area contributed by atoms with Crippen molar-refractivity contribution < 1.29 is 9.53 Å². The second kappa shape index (κ2) is 4.41. The van der Waals surface area contributed by atoms with Gasteiger partial charge in [-0.1, -0.05) is 0 Å². The molecule has 0 aliphatic heterocycles. The number of hydrogen-bond acceptors (Lipinski definition) is 3. The van der Waals surface area contributed by atoms with Crippen LogP contribution in [0.5, 0.6) is 0 Å². The number of rotatable bonds is 2. The lowest BCUT2D eigenvalue weighted by molar-refractivity contribution is 0.176. The van der Waals surface area contributed by atoms with Gasteiger partial charge in [-0.2, -0.15) is 5.26 Å². The van der Waals surface area contributed by atoms with Crippen LogP contribution in [0.4, 0.5) is 4.79 Å². The zero-order chi connectivity index (χ0) is 6.41. The average molecular weight is 134 g/mol. The van der Waals surface area contributed by atoms with Crippen molar-refractivity contribution in [3.63, 3.8) is 0 Å². The van der Waals surface area contributed by atoms with E-state index in [-0.39, 0.29) is 13.0 Å². The molecule has 0 N–H and O–H groups in total. The van der Waals surface area contributed by atoms with Gasteiger partial charge >= 0.3 is 5.43 Å². The molecule has 0 aliphatic carbocycles. The zero-order valence-electron chi connectivity index (χ0n) is 4.06. The summed E-state index contributed by atoms with van der Waals surface area (Å²) in [7, 11) is 0. The normalized spacial score (nSPS) is 7.50. The number of nitriles is 1. The predicted molar refractivity (Wildman–Crippen MR) is 27.4 cm³/mol. The highest BCUT2D eigenvalue weighted by Crippen LogP contribution is 1.87. The van der Waals surface area contributed by atoms with Gasteiger partial charge in [0.25, 0.3) is 0 Å². The molecule has 0 heterocycles. The first-order valence-corrected chi connectivity index (χ1v) is 2.34. The van der Waals surface area contributed by atoms with Gasteiger partial charge < -0.3 is 4.74 Å². The van der Waals surface area contributed by atoms with Gasteiger partial charge in [-0.15, -0.1) is 0 Å². The van der Waals surface area contributed by atoms with Crippen molar-refractivity contribution in [2.45, 2.75) is 6.42 Å². The molecule has 0 aromatic carbocycles. The second-order valence-electron chi connectivity index (χ2n) is 0.994. The summed E-state index contributed by atoms with van der Waals surface area (Å²) in [4.78, 5) is 9.75. The number of nitrogens with zero attached hydrogens (tertiary/aromatic N) is 1. The van der Waals surface area contributed by atoms with Crippen LogP contribution in [0.25, 0.3) is 0 Å². The lowest BCUT2D eigenvalue weighted by Gasteiger charge is -1.90. The van der Waals surface area contributed by atoms with Gasteiger partial charge in [0.15, 0.2) is 0 Å². The van der Waals surface area contributed by atoms with E-state index in [1.54, 1.807) is 6.07 Å². The molecular formula is C4H4ClNO2. The van der Waals surface area contributed by atoms with Gasteiger partial charge in [0, 0.05) is 11.6 Å². The lowest BCUT2D eigenvalue weighted by Crippen LogP contribution is -1.93. The van der Waals surface area contributed by atoms with E-state index in [0.717, 1.165) is 0 Å². The molecule has 0 atom stereocenters. The van der Waals surface area contributed by atoms with Crippen LogP contribution in [0, 0.1) is 11.3 Å². The average Bonchev–Trinajstić information content (AvgIpc) is 1.66. The van der Waals surface area contributed by atoms with Crippen LogP contribution < -0.4 is 0 Å². The van der Waals surface area contributed by atoms with E-state index in [2.05, 4.69) is 4.74 Å². The molecule has 0 bridgehead atoms. The van der Waals surface area contributed by atoms with Crippen LogP contribution in [0.1, 0.15) is 6.42 Å². The van der Waals surface area contributed by atoms with Gasteiger partial charge in [-0.3, -0.25) is 0 Å². The van der Waals surface area contributed by atoms with Crippen LogP contribution in [-0.2, 0) is 4.74 Å². The molecule has 4 heteroatoms. The van der Waals surface area contributed by atoms with Crippen molar-refractivity contribution in [1.82, 2.24) is 0 Å². The molecular weight excluding hydrogens is 130 g/mol. The monoisotopic (exact) mass is 133 g/mol. The molecule has 0 aromatic rings. The van der Waals surface area contributed by atoms with Crippen LogP contribution in [0.3, 0.4) is 0 Å². The summed E-state index contributed by atoms with van der Waals surface area (Å²) in [6.07, 6.45) is 0.193. The Bertz CT molecular complexity index is 118. The lowest BCUT2D eigenvalue weighted by atomic mass is 10.5. The predicted octanol–water partition coefficient (Wildman–Crippen LogP) is 1.28. The van der Waals surface area contributed by atoms with Gasteiger partial charge in [0.05, 0.1) is 12.5 Å². The van der Waals surface area contributed by atoms with E-state index < -0.39 is 5.43 Å². The molecule has 44 valence electrons. The molecule has 0 radical (unpaired) electrons. The summed E-state index contributed by atoms with van der Waals surface area (Å²) in [5.41, 5.74) is -0.861. The van der Waals surface area contributed by atoms with Crippen molar-refractivity contribution >= 4 is 17.0 Å². The standard InChI is InChI=1S/C4H4ClNO2/c5-4(7)8-3-1-2-6/h1,3H2. The Morgan fingerprint density at radius 1 is 1.88 bits per heavy atom. The number of hydrogen-bond donors (Lipinski definition) is 0. The van der Waals surface area contributed by atoms with Crippen LogP contribution in [0.15, 0.2) is 0 Å². The Balaban J connectivity index is 2.97. The van der Waals surface area contributed by atoms with E-state index in [0.29, 0.717) is 0 Å². The zero-order valence-corrected chi connectivity index (χ0v) is 4.81. The first-order valence-electron chi connectivity index (χ1n) is 1.96. The smallest absolute Gasteiger partial charge is 0.403 e. The summed E-state index contributed by atoms with van der Waals surface area (Å²) in [5, 5.41) is 7.89. The minimum absolute atomic E-state index is 0.0822. The van der Waals surface area contributed by atoms with E-state index in [9.17, 15) is 4.79 Å². The van der Waals surface area contributed by atoms with Crippen LogP contribution >= 0.6 is 11.6 Å². The second-order valence-corrected chi connectivity index (χ2v) is 1.30. The molecule has 0 amide bonds. The maximum Gasteiger partial charge on any atom is 0.403 e. The molecule has 0 spiro atoms. The summed E-state index contributed by atoms with van der Waals surface area (Å²) in [5.74, 6) is 0. The summed E-state index contributed by atoms with van der Waals surface area (Å²) in [6.45, 7) is 0.0822. The van der Waals surface area contributed by atoms with Crippen molar-refractivity contribution in [3.05, 3.63) is 0 Å². The molecule has 0 aromatic heterocycles. The fourth-order valence-electron chi connectivity index (χ4n) is 0.177. The minimum Gasteiger partial charge on any atom is -0.453 e. The fourth-order valence-corrected chi connectivity index (χ4v) is 0.254. The number of ether oxygens (including phenoxy) is 1. The van der Waals surface area contributed by atoms with E-state index in [1.165, 1.54) is 0 Å². The first kappa shape index (κ1) is 7.25. The number of carbonyl (C=O) groups is 1. The highest BCUT2D eigenvalue weighted by Gasteiger charge is 1.91. The fraction of sp³-hybridized carbons (Fsp3) is 0.500. The Labute approximate surface area is 51.8 Å². The first-order chi connectivity index (χ1) is 3.77. The topological polar surface area (TPSA) is 50.1 Å². The Morgan fingerprint density at radius 2 is 2.50 bits per heavy atom. The highest BCUT2D eigenvalue weighted by atomic mass is 35.5. The van der Waals surface area contributed by atoms with Crippen molar-refractivity contribution in [1.29, 1.82) is 5.26 Å². The number of halogens is 1. The maximum atomic E-state index is 9.75. The third-order valence-electron chi connectivity index (χ3n) is 0.429. The van der Waals surface area contributed by atoms with Crippen LogP contribution in [0.2, 0.25) is 0 Å². The van der Waals surface area contributed by atoms with E-state index in [1.807, 2.05) is 0 Å². The quantitative estimate of drug-likeness (QED) is 0.421. The largest absolute Gasteiger partial charge is 0.453 e. The van der Waals surface area contributed by atoms with Crippen molar-refractivity contribution in [2.75, 3.05) is 6.61 Å². The molecule has 0 aliphatic rings. The summed E-state index contributed by atoms with van der Waals surface area (Å²) in [6, 6.07) is 1.79. The van der Waals surface area contributed by atoms with Gasteiger partial charge in [0.2, 0.25) is 0 Å². The molecule has 0 unspecified atom stereocenters. The van der Waals surface area contributed by atoms with E-state index in [4.69, 9.17) is 16.9 Å². The molecule has 0 fully saturated rings. The molecule has 0 rings (SSSR count). The van der Waals surface area contributed by atoms with Crippen molar-refractivity contribution in [3.8, 4) is 6.07 Å².